The van der Waals surface area contributed by atoms with Gasteiger partial charge in [-0.3, -0.25) is 0 Å². The van der Waals surface area contributed by atoms with Crippen molar-refractivity contribution in [3.63, 3.8) is 0 Å². The first-order chi connectivity index (χ1) is 9.28. The van der Waals surface area contributed by atoms with Crippen LogP contribution in [0.5, 0.6) is 0 Å². The van der Waals surface area contributed by atoms with Crippen molar-refractivity contribution in [1.29, 1.82) is 0 Å². The summed E-state index contributed by atoms with van der Waals surface area (Å²) in [6, 6.07) is 16.3. The number of rotatable bonds is 3. The number of aromatic nitrogens is 1. The van der Waals surface area contributed by atoms with E-state index in [-0.39, 0.29) is 0 Å². The molecule has 96 valence electrons. The number of benzene rings is 2. The number of fused-ring (bicyclic) bond motifs is 1. The predicted molar refractivity (Wildman–Crippen MR) is 80.4 cm³/mol. The summed E-state index contributed by atoms with van der Waals surface area (Å²) in [6.07, 6.45) is 0.869. The topological polar surface area (TPSA) is 41.8 Å². The van der Waals surface area contributed by atoms with Crippen molar-refractivity contribution in [3.8, 4) is 0 Å². The Balaban J connectivity index is 2.12. The minimum absolute atomic E-state index is 0.508. The minimum Gasteiger partial charge on any atom is -0.357 e. The predicted octanol–water partition coefficient (Wildman–Crippen LogP) is 3.87. The van der Waals surface area contributed by atoms with Gasteiger partial charge in [0.15, 0.2) is 0 Å². The second kappa shape index (κ2) is 5.08. The first-order valence-corrected chi connectivity index (χ1v) is 6.68. The molecule has 3 N–H and O–H groups in total. The van der Waals surface area contributed by atoms with Crippen LogP contribution in [0.2, 0.25) is 5.02 Å². The van der Waals surface area contributed by atoms with E-state index in [1.165, 1.54) is 11.1 Å². The molecule has 0 spiro atoms. The lowest BCUT2D eigenvalue weighted by atomic mass is 10.0. The molecule has 3 rings (SSSR count). The van der Waals surface area contributed by atoms with Crippen molar-refractivity contribution in [2.45, 2.75) is 13.0 Å². The second-order valence-corrected chi connectivity index (χ2v) is 5.07. The van der Waals surface area contributed by atoms with Crippen LogP contribution < -0.4 is 5.73 Å². The molecule has 0 fully saturated rings. The Morgan fingerprint density at radius 1 is 1.05 bits per heavy atom. The fourth-order valence-corrected chi connectivity index (χ4v) is 2.62. The molecule has 0 aliphatic carbocycles. The number of nitrogens with two attached hydrogens (primary N) is 1. The van der Waals surface area contributed by atoms with Gasteiger partial charge in [0.1, 0.15) is 0 Å². The van der Waals surface area contributed by atoms with E-state index in [1.54, 1.807) is 0 Å². The molecule has 3 aromatic rings. The van der Waals surface area contributed by atoms with Gasteiger partial charge in [0.25, 0.3) is 0 Å². The summed E-state index contributed by atoms with van der Waals surface area (Å²) in [5, 5.41) is 1.92. The lowest BCUT2D eigenvalue weighted by Gasteiger charge is -2.03. The molecule has 3 heteroatoms. The molecule has 0 bridgehead atoms. The van der Waals surface area contributed by atoms with Crippen molar-refractivity contribution in [1.82, 2.24) is 4.98 Å². The molecule has 1 aromatic heterocycles. The summed E-state index contributed by atoms with van der Waals surface area (Å²) in [6.45, 7) is 0.508. The molecular formula is C16H15ClN2. The van der Waals surface area contributed by atoms with Crippen LogP contribution >= 0.6 is 11.6 Å². The smallest absolute Gasteiger partial charge is 0.0460 e. The fourth-order valence-electron chi connectivity index (χ4n) is 2.45. The van der Waals surface area contributed by atoms with E-state index in [4.69, 9.17) is 17.3 Å². The highest BCUT2D eigenvalue weighted by Gasteiger charge is 2.11. The van der Waals surface area contributed by atoms with Gasteiger partial charge in [-0.05, 0) is 35.7 Å². The van der Waals surface area contributed by atoms with Crippen molar-refractivity contribution in [2.75, 3.05) is 0 Å². The van der Waals surface area contributed by atoms with Crippen molar-refractivity contribution in [3.05, 3.63) is 70.4 Å². The second-order valence-electron chi connectivity index (χ2n) is 4.64. The quantitative estimate of drug-likeness (QED) is 0.745. The number of nitrogens with one attached hydrogen (secondary N) is 1. The number of hydrogen-bond acceptors (Lipinski definition) is 1. The van der Waals surface area contributed by atoms with E-state index in [0.717, 1.165) is 28.0 Å². The van der Waals surface area contributed by atoms with Crippen LogP contribution in [-0.4, -0.2) is 4.98 Å². The zero-order chi connectivity index (χ0) is 13.2. The Labute approximate surface area is 117 Å². The Bertz CT molecular complexity index is 701. The number of H-pyrrole nitrogens is 1. The molecule has 0 radical (unpaired) electrons. The Kier molecular flexibility index (Phi) is 3.28. The minimum atomic E-state index is 0.508. The molecule has 2 aromatic carbocycles. The highest BCUT2D eigenvalue weighted by Crippen LogP contribution is 2.27. The molecule has 2 nitrogen and oxygen atoms in total. The van der Waals surface area contributed by atoms with Crippen LogP contribution in [0.3, 0.4) is 0 Å². The highest BCUT2D eigenvalue weighted by atomic mass is 35.5. The van der Waals surface area contributed by atoms with Gasteiger partial charge in [0.05, 0.1) is 0 Å². The van der Waals surface area contributed by atoms with E-state index in [9.17, 15) is 0 Å². The summed E-state index contributed by atoms with van der Waals surface area (Å²) >= 11 is 6.10. The normalized spacial score (nSPS) is 11.1. The molecule has 0 amide bonds. The Morgan fingerprint density at radius 3 is 2.58 bits per heavy atom. The Hall–Kier alpha value is -1.77. The van der Waals surface area contributed by atoms with E-state index in [2.05, 4.69) is 29.2 Å². The van der Waals surface area contributed by atoms with Gasteiger partial charge >= 0.3 is 0 Å². The van der Waals surface area contributed by atoms with E-state index < -0.39 is 0 Å². The fraction of sp³-hybridized carbons (Fsp3) is 0.125. The molecule has 1 heterocycles. The monoisotopic (exact) mass is 270 g/mol. The highest BCUT2D eigenvalue weighted by molar-refractivity contribution is 6.31. The SMILES string of the molecule is NCc1[nH]c2ccc(Cl)cc2c1Cc1ccccc1. The average molecular weight is 271 g/mol. The third-order valence-electron chi connectivity index (χ3n) is 3.38. The van der Waals surface area contributed by atoms with Crippen LogP contribution in [-0.2, 0) is 13.0 Å². The average Bonchev–Trinajstić information content (AvgIpc) is 2.78. The first kappa shape index (κ1) is 12.3. The molecular weight excluding hydrogens is 256 g/mol. The van der Waals surface area contributed by atoms with E-state index >= 15 is 0 Å². The van der Waals surface area contributed by atoms with Gasteiger partial charge in [0, 0.05) is 28.2 Å². The van der Waals surface area contributed by atoms with Gasteiger partial charge in [-0.25, -0.2) is 0 Å². The third-order valence-corrected chi connectivity index (χ3v) is 3.62. The molecule has 0 saturated heterocycles. The third kappa shape index (κ3) is 2.37. The van der Waals surface area contributed by atoms with Gasteiger partial charge in [-0.2, -0.15) is 0 Å². The lowest BCUT2D eigenvalue weighted by molar-refractivity contribution is 0.984. The standard InChI is InChI=1S/C16H15ClN2/c17-12-6-7-15-14(9-12)13(16(10-18)19-15)8-11-4-2-1-3-5-11/h1-7,9,19H,8,10,18H2. The van der Waals surface area contributed by atoms with Crippen molar-refractivity contribution >= 4 is 22.5 Å². The lowest BCUT2D eigenvalue weighted by Crippen LogP contribution is -2.01. The van der Waals surface area contributed by atoms with E-state index in [0.29, 0.717) is 6.54 Å². The molecule has 0 saturated carbocycles. The van der Waals surface area contributed by atoms with Crippen molar-refractivity contribution < 1.29 is 0 Å². The van der Waals surface area contributed by atoms with Crippen LogP contribution in [0.15, 0.2) is 48.5 Å². The molecule has 0 aliphatic heterocycles. The zero-order valence-electron chi connectivity index (χ0n) is 10.5. The van der Waals surface area contributed by atoms with E-state index in [1.807, 2.05) is 24.3 Å². The molecule has 0 aliphatic rings. The summed E-state index contributed by atoms with van der Waals surface area (Å²) in [5.41, 5.74) is 10.5. The van der Waals surface area contributed by atoms with Crippen LogP contribution in [0.4, 0.5) is 0 Å². The largest absolute Gasteiger partial charge is 0.357 e. The Morgan fingerprint density at radius 2 is 1.84 bits per heavy atom. The number of hydrogen-bond donors (Lipinski definition) is 2. The molecule has 0 atom stereocenters. The van der Waals surface area contributed by atoms with Gasteiger partial charge in [0.2, 0.25) is 0 Å². The van der Waals surface area contributed by atoms with Gasteiger partial charge in [-0.15, -0.1) is 0 Å². The van der Waals surface area contributed by atoms with Crippen LogP contribution in [0.1, 0.15) is 16.8 Å². The van der Waals surface area contributed by atoms with Gasteiger partial charge in [-0.1, -0.05) is 41.9 Å². The summed E-state index contributed by atoms with van der Waals surface area (Å²) in [4.78, 5) is 3.38. The maximum atomic E-state index is 6.10. The summed E-state index contributed by atoms with van der Waals surface area (Å²) < 4.78 is 0. The maximum Gasteiger partial charge on any atom is 0.0460 e. The summed E-state index contributed by atoms with van der Waals surface area (Å²) in [5.74, 6) is 0. The number of halogens is 1. The van der Waals surface area contributed by atoms with Crippen LogP contribution in [0.25, 0.3) is 10.9 Å². The molecule has 19 heavy (non-hydrogen) atoms. The van der Waals surface area contributed by atoms with Gasteiger partial charge < -0.3 is 10.7 Å². The first-order valence-electron chi connectivity index (χ1n) is 6.31. The summed E-state index contributed by atoms with van der Waals surface area (Å²) in [7, 11) is 0. The van der Waals surface area contributed by atoms with Crippen molar-refractivity contribution in [2.24, 2.45) is 5.73 Å². The van der Waals surface area contributed by atoms with Crippen LogP contribution in [0, 0.1) is 0 Å². The maximum absolute atomic E-state index is 6.10. The number of aromatic amines is 1. The zero-order valence-corrected chi connectivity index (χ0v) is 11.2. The molecule has 0 unspecified atom stereocenters.